The van der Waals surface area contributed by atoms with Crippen molar-refractivity contribution in [3.05, 3.63) is 47.3 Å². The van der Waals surface area contributed by atoms with Crippen LogP contribution in [0.4, 0.5) is 17.3 Å². The number of rotatable bonds is 9. The van der Waals surface area contributed by atoms with Crippen molar-refractivity contribution in [2.24, 2.45) is 5.73 Å². The molecule has 2 unspecified atom stereocenters. The predicted octanol–water partition coefficient (Wildman–Crippen LogP) is 5.20. The van der Waals surface area contributed by atoms with Gasteiger partial charge < -0.3 is 27.0 Å². The summed E-state index contributed by atoms with van der Waals surface area (Å²) < 4.78 is 0. The lowest BCUT2D eigenvalue weighted by Gasteiger charge is -2.34. The van der Waals surface area contributed by atoms with Crippen LogP contribution in [0, 0.1) is 6.92 Å². The minimum Gasteiger partial charge on any atom is -0.399 e. The molecule has 0 amide bonds. The predicted molar refractivity (Wildman–Crippen MR) is 153 cm³/mol. The number of nitrogens with one attached hydrogen (secondary N) is 2. The minimum absolute atomic E-state index is 0. The average Bonchev–Trinajstić information content (AvgIpc) is 2.71. The highest BCUT2D eigenvalue weighted by molar-refractivity contribution is 5.86. The van der Waals surface area contributed by atoms with Crippen molar-refractivity contribution in [1.82, 2.24) is 14.9 Å². The summed E-state index contributed by atoms with van der Waals surface area (Å²) >= 11 is 0. The van der Waals surface area contributed by atoms with Crippen LogP contribution >= 0.6 is 37.2 Å². The van der Waals surface area contributed by atoms with E-state index < -0.39 is 5.54 Å². The number of anilines is 3. The first-order chi connectivity index (χ1) is 14.7. The van der Waals surface area contributed by atoms with Gasteiger partial charge in [0.1, 0.15) is 0 Å². The molecule has 0 saturated carbocycles. The SMILES string of the molecule is CCN(CC)CCCC(C)Nc1nc(C)cc(C2(C)C=C(N)c3cc(N)ccc3N2)n1.Cl.Cl.Cl. The van der Waals surface area contributed by atoms with Gasteiger partial charge >= 0.3 is 0 Å². The largest absolute Gasteiger partial charge is 0.399 e. The van der Waals surface area contributed by atoms with Gasteiger partial charge in [0.25, 0.3) is 0 Å². The van der Waals surface area contributed by atoms with Crippen LogP contribution in [0.2, 0.25) is 0 Å². The van der Waals surface area contributed by atoms with E-state index in [9.17, 15) is 0 Å². The molecule has 0 radical (unpaired) electrons. The lowest BCUT2D eigenvalue weighted by molar-refractivity contribution is 0.295. The zero-order valence-electron chi connectivity index (χ0n) is 20.7. The molecule has 10 heteroatoms. The molecule has 1 aromatic carbocycles. The lowest BCUT2D eigenvalue weighted by atomic mass is 9.89. The third kappa shape index (κ3) is 7.80. The Morgan fingerprint density at radius 1 is 1.09 bits per heavy atom. The Morgan fingerprint density at radius 3 is 2.41 bits per heavy atom. The van der Waals surface area contributed by atoms with Crippen molar-refractivity contribution in [3.8, 4) is 0 Å². The van der Waals surface area contributed by atoms with E-state index in [2.05, 4.69) is 48.2 Å². The third-order valence-corrected chi connectivity index (χ3v) is 5.96. The van der Waals surface area contributed by atoms with Gasteiger partial charge in [-0.05, 0) is 83.6 Å². The summed E-state index contributed by atoms with van der Waals surface area (Å²) in [5.74, 6) is 0.656. The van der Waals surface area contributed by atoms with Crippen molar-refractivity contribution < 1.29 is 0 Å². The molecule has 2 aromatic rings. The number of hydrogen-bond donors (Lipinski definition) is 4. The molecule has 2 heterocycles. The van der Waals surface area contributed by atoms with E-state index in [4.69, 9.17) is 16.5 Å². The minimum atomic E-state index is -0.538. The zero-order valence-corrected chi connectivity index (χ0v) is 23.2. The van der Waals surface area contributed by atoms with E-state index in [-0.39, 0.29) is 37.2 Å². The second-order valence-corrected chi connectivity index (χ2v) is 8.66. The van der Waals surface area contributed by atoms with E-state index in [1.165, 1.54) is 0 Å². The smallest absolute Gasteiger partial charge is 0.223 e. The summed E-state index contributed by atoms with van der Waals surface area (Å²) in [5.41, 5.74) is 16.8. The van der Waals surface area contributed by atoms with Crippen LogP contribution in [0.3, 0.4) is 0 Å². The number of benzene rings is 1. The normalized spacial score (nSPS) is 17.2. The lowest BCUT2D eigenvalue weighted by Crippen LogP contribution is -2.35. The Balaban J connectivity index is 0.00000363. The Hall–Kier alpha value is -1.93. The maximum Gasteiger partial charge on any atom is 0.223 e. The number of aromatic nitrogens is 2. The van der Waals surface area contributed by atoms with Crippen LogP contribution in [-0.2, 0) is 5.54 Å². The van der Waals surface area contributed by atoms with Crippen LogP contribution in [0.5, 0.6) is 0 Å². The van der Waals surface area contributed by atoms with Gasteiger partial charge in [0.05, 0.1) is 11.2 Å². The molecular weight excluding hydrogens is 493 g/mol. The fourth-order valence-electron chi connectivity index (χ4n) is 4.10. The quantitative estimate of drug-likeness (QED) is 0.329. The highest BCUT2D eigenvalue weighted by Gasteiger charge is 2.32. The molecular formula is C24H40Cl3N7. The van der Waals surface area contributed by atoms with Gasteiger partial charge in [0.2, 0.25) is 5.95 Å². The summed E-state index contributed by atoms with van der Waals surface area (Å²) in [4.78, 5) is 11.9. The summed E-state index contributed by atoms with van der Waals surface area (Å²) in [7, 11) is 0. The average molecular weight is 533 g/mol. The molecule has 192 valence electrons. The van der Waals surface area contributed by atoms with E-state index in [1.54, 1.807) is 0 Å². The van der Waals surface area contributed by atoms with Crippen molar-refractivity contribution in [3.63, 3.8) is 0 Å². The van der Waals surface area contributed by atoms with Gasteiger partial charge in [0.15, 0.2) is 0 Å². The molecule has 2 atom stereocenters. The zero-order chi connectivity index (χ0) is 22.6. The number of nitrogens with zero attached hydrogens (tertiary/aromatic N) is 3. The van der Waals surface area contributed by atoms with Crippen molar-refractivity contribution in [2.45, 2.75) is 59.0 Å². The number of halogens is 3. The first-order valence-electron chi connectivity index (χ1n) is 11.3. The first-order valence-corrected chi connectivity index (χ1v) is 11.3. The van der Waals surface area contributed by atoms with E-state index >= 15 is 0 Å². The number of fused-ring (bicyclic) bond motifs is 1. The topological polar surface area (TPSA) is 105 Å². The number of hydrogen-bond acceptors (Lipinski definition) is 7. The molecule has 34 heavy (non-hydrogen) atoms. The molecule has 0 spiro atoms. The second-order valence-electron chi connectivity index (χ2n) is 8.66. The third-order valence-electron chi connectivity index (χ3n) is 5.96. The van der Waals surface area contributed by atoms with Crippen LogP contribution in [0.25, 0.3) is 5.70 Å². The molecule has 1 aromatic heterocycles. The summed E-state index contributed by atoms with van der Waals surface area (Å²) in [5, 5.41) is 7.07. The monoisotopic (exact) mass is 531 g/mol. The molecule has 0 fully saturated rings. The second kappa shape index (κ2) is 13.8. The van der Waals surface area contributed by atoms with Gasteiger partial charge in [-0.15, -0.1) is 37.2 Å². The highest BCUT2D eigenvalue weighted by atomic mass is 35.5. The molecule has 3 rings (SSSR count). The number of nitrogen functional groups attached to an aromatic ring is 1. The Morgan fingerprint density at radius 2 is 1.76 bits per heavy atom. The molecule has 7 nitrogen and oxygen atoms in total. The number of aryl methyl sites for hydroxylation is 1. The van der Waals surface area contributed by atoms with Gasteiger partial charge in [-0.1, -0.05) is 13.8 Å². The van der Waals surface area contributed by atoms with Crippen LogP contribution in [0.15, 0.2) is 30.3 Å². The van der Waals surface area contributed by atoms with Crippen LogP contribution < -0.4 is 22.1 Å². The van der Waals surface area contributed by atoms with Crippen LogP contribution in [-0.4, -0.2) is 40.5 Å². The van der Waals surface area contributed by atoms with Crippen molar-refractivity contribution >= 4 is 60.2 Å². The highest BCUT2D eigenvalue weighted by Crippen LogP contribution is 2.37. The maximum atomic E-state index is 6.39. The summed E-state index contributed by atoms with van der Waals surface area (Å²) in [6, 6.07) is 8.04. The molecule has 6 N–H and O–H groups in total. The van der Waals surface area contributed by atoms with Crippen LogP contribution in [0.1, 0.15) is 57.5 Å². The fourth-order valence-corrected chi connectivity index (χ4v) is 4.10. The molecule has 0 bridgehead atoms. The molecule has 1 aliphatic heterocycles. The Kier molecular flexibility index (Phi) is 13.0. The fraction of sp³-hybridized carbons (Fsp3) is 0.500. The standard InChI is InChI=1S/C24H37N7.3ClH/c1-6-31(7-2)12-8-9-16(3)27-23-28-17(4)13-22(29-23)24(5)15-20(26)19-14-18(25)10-11-21(19)30-24;;;/h10-11,13-16,30H,6-9,12,25-26H2,1-5H3,(H,27,28,29);3*1H. The summed E-state index contributed by atoms with van der Waals surface area (Å²) in [6.45, 7) is 14.0. The number of nitrogens with two attached hydrogens (primary N) is 2. The molecule has 0 saturated heterocycles. The van der Waals surface area contributed by atoms with Crippen molar-refractivity contribution in [2.75, 3.05) is 36.0 Å². The maximum absolute atomic E-state index is 6.39. The van der Waals surface area contributed by atoms with Crippen molar-refractivity contribution in [1.29, 1.82) is 0 Å². The van der Waals surface area contributed by atoms with Gasteiger partial charge in [-0.2, -0.15) is 0 Å². The van der Waals surface area contributed by atoms with Gasteiger partial charge in [-0.25, -0.2) is 9.97 Å². The molecule has 0 aliphatic carbocycles. The van der Waals surface area contributed by atoms with Gasteiger partial charge in [0, 0.05) is 34.4 Å². The van der Waals surface area contributed by atoms with E-state index in [1.807, 2.05) is 37.3 Å². The Labute approximate surface area is 222 Å². The van der Waals surface area contributed by atoms with Gasteiger partial charge in [-0.3, -0.25) is 0 Å². The first kappa shape index (κ1) is 32.1. The summed E-state index contributed by atoms with van der Waals surface area (Å²) in [6.07, 6.45) is 4.22. The van der Waals surface area contributed by atoms with E-state index in [0.29, 0.717) is 23.4 Å². The molecule has 1 aliphatic rings. The Bertz CT molecular complexity index is 950. The van der Waals surface area contributed by atoms with E-state index in [0.717, 1.165) is 55.1 Å².